The molecule has 0 atom stereocenters. The Labute approximate surface area is 172 Å². The fourth-order valence-electron chi connectivity index (χ4n) is 2.63. The van der Waals surface area contributed by atoms with Crippen LogP contribution in [0.1, 0.15) is 65.2 Å². The van der Waals surface area contributed by atoms with Crippen LogP contribution in [0.15, 0.2) is 34.9 Å². The van der Waals surface area contributed by atoms with Crippen molar-refractivity contribution in [3.05, 3.63) is 47.6 Å². The van der Waals surface area contributed by atoms with Crippen molar-refractivity contribution in [3.8, 4) is 0 Å². The molecule has 0 saturated heterocycles. The second-order valence-electron chi connectivity index (χ2n) is 9.06. The molecule has 7 heteroatoms. The van der Waals surface area contributed by atoms with Gasteiger partial charge >= 0.3 is 5.97 Å². The van der Waals surface area contributed by atoms with Crippen molar-refractivity contribution < 1.29 is 18.8 Å². The Hall–Kier alpha value is -2.70. The topological polar surface area (TPSA) is 85.5 Å². The number of ether oxygens (including phenoxy) is 1. The zero-order valence-electron chi connectivity index (χ0n) is 18.2. The van der Waals surface area contributed by atoms with Crippen LogP contribution in [0.2, 0.25) is 0 Å². The zero-order valence-corrected chi connectivity index (χ0v) is 18.2. The summed E-state index contributed by atoms with van der Waals surface area (Å²) in [6, 6.07) is 9.73. The Morgan fingerprint density at radius 3 is 2.28 bits per heavy atom. The minimum atomic E-state index is -0.470. The van der Waals surface area contributed by atoms with Crippen LogP contribution in [0.3, 0.4) is 0 Å². The molecule has 0 bridgehead atoms. The van der Waals surface area contributed by atoms with E-state index in [1.165, 1.54) is 0 Å². The van der Waals surface area contributed by atoms with Crippen LogP contribution in [-0.4, -0.2) is 39.1 Å². The largest absolute Gasteiger partial charge is 0.456 e. The number of hydrogen-bond acceptors (Lipinski definition) is 6. The van der Waals surface area contributed by atoms with Crippen LogP contribution in [0.4, 0.5) is 0 Å². The second-order valence-corrected chi connectivity index (χ2v) is 9.06. The molecule has 0 aliphatic heterocycles. The molecule has 158 valence electrons. The highest BCUT2D eigenvalue weighted by Gasteiger charge is 2.27. The number of amides is 1. The first-order valence-corrected chi connectivity index (χ1v) is 9.80. The average Bonchev–Trinajstić information content (AvgIpc) is 3.12. The summed E-state index contributed by atoms with van der Waals surface area (Å²) >= 11 is 0. The van der Waals surface area contributed by atoms with Gasteiger partial charge in [-0.15, -0.1) is 0 Å². The quantitative estimate of drug-likeness (QED) is 0.658. The van der Waals surface area contributed by atoms with Gasteiger partial charge < -0.3 is 14.2 Å². The van der Waals surface area contributed by atoms with Gasteiger partial charge in [0, 0.05) is 23.9 Å². The molecule has 1 aromatic heterocycles. The number of rotatable bonds is 7. The third-order valence-corrected chi connectivity index (χ3v) is 4.33. The van der Waals surface area contributed by atoms with Gasteiger partial charge in [-0.3, -0.25) is 9.59 Å². The Morgan fingerprint density at radius 1 is 1.07 bits per heavy atom. The molecule has 0 unspecified atom stereocenters. The van der Waals surface area contributed by atoms with Gasteiger partial charge in [0.15, 0.2) is 12.4 Å². The number of aromatic nitrogens is 2. The van der Waals surface area contributed by atoms with Crippen LogP contribution >= 0.6 is 0 Å². The molecular weight excluding hydrogens is 370 g/mol. The third kappa shape index (κ3) is 7.00. The highest BCUT2D eigenvalue weighted by Crippen LogP contribution is 2.19. The Bertz CT molecular complexity index is 817. The molecule has 0 fully saturated rings. The van der Waals surface area contributed by atoms with E-state index in [2.05, 4.69) is 10.1 Å². The number of nitrogens with zero attached hydrogens (tertiary/aromatic N) is 3. The smallest absolute Gasteiger partial charge is 0.306 e. The first-order valence-electron chi connectivity index (χ1n) is 9.80. The highest BCUT2D eigenvalue weighted by molar-refractivity contribution is 5.81. The van der Waals surface area contributed by atoms with E-state index in [0.29, 0.717) is 18.3 Å². The lowest BCUT2D eigenvalue weighted by Gasteiger charge is -2.35. The average molecular weight is 402 g/mol. The molecule has 1 heterocycles. The molecule has 0 spiro atoms. The summed E-state index contributed by atoms with van der Waals surface area (Å²) in [6.45, 7) is 12.0. The summed E-state index contributed by atoms with van der Waals surface area (Å²) in [5.41, 5.74) is 0.407. The van der Waals surface area contributed by atoms with E-state index in [4.69, 9.17) is 9.26 Å². The second kappa shape index (κ2) is 9.20. The van der Waals surface area contributed by atoms with Gasteiger partial charge in [-0.05, 0) is 26.3 Å². The van der Waals surface area contributed by atoms with Crippen molar-refractivity contribution in [2.75, 3.05) is 6.61 Å². The van der Waals surface area contributed by atoms with Crippen molar-refractivity contribution in [3.63, 3.8) is 0 Å². The molecule has 0 aliphatic rings. The monoisotopic (exact) mass is 401 g/mol. The van der Waals surface area contributed by atoms with Gasteiger partial charge in [0.1, 0.15) is 0 Å². The van der Waals surface area contributed by atoms with E-state index < -0.39 is 11.5 Å². The summed E-state index contributed by atoms with van der Waals surface area (Å²) in [5, 5.41) is 3.93. The van der Waals surface area contributed by atoms with Gasteiger partial charge in [0.2, 0.25) is 5.89 Å². The standard InChI is InChI=1S/C22H31N3O4/c1-21(2,3)20-23-17(29-24-20)12-13-19(27)28-15-18(26)25(22(4,5)6)14-16-10-8-7-9-11-16/h7-11H,12-15H2,1-6H3. The summed E-state index contributed by atoms with van der Waals surface area (Å²) in [6.07, 6.45) is 0.358. The normalized spacial score (nSPS) is 11.9. The zero-order chi connectivity index (χ0) is 21.7. The molecule has 0 radical (unpaired) electrons. The van der Waals surface area contributed by atoms with Gasteiger partial charge in [0.25, 0.3) is 5.91 Å². The van der Waals surface area contributed by atoms with Crippen molar-refractivity contribution in [1.82, 2.24) is 15.0 Å². The van der Waals surface area contributed by atoms with Crippen LogP contribution in [-0.2, 0) is 32.7 Å². The molecule has 0 N–H and O–H groups in total. The lowest BCUT2D eigenvalue weighted by Crippen LogP contribution is -2.46. The lowest BCUT2D eigenvalue weighted by atomic mass is 9.96. The van der Waals surface area contributed by atoms with Crippen molar-refractivity contribution in [2.45, 2.75) is 71.9 Å². The third-order valence-electron chi connectivity index (χ3n) is 4.33. The fourth-order valence-corrected chi connectivity index (χ4v) is 2.63. The minimum absolute atomic E-state index is 0.0766. The molecule has 2 rings (SSSR count). The van der Waals surface area contributed by atoms with E-state index in [9.17, 15) is 9.59 Å². The maximum atomic E-state index is 12.7. The Kier molecular flexibility index (Phi) is 7.16. The van der Waals surface area contributed by atoms with Crippen LogP contribution in [0.25, 0.3) is 0 Å². The number of carbonyl (C=O) groups is 2. The maximum Gasteiger partial charge on any atom is 0.306 e. The Morgan fingerprint density at radius 2 is 1.72 bits per heavy atom. The van der Waals surface area contributed by atoms with Crippen molar-refractivity contribution >= 4 is 11.9 Å². The van der Waals surface area contributed by atoms with Gasteiger partial charge in [0.05, 0.1) is 6.42 Å². The fraction of sp³-hybridized carbons (Fsp3) is 0.545. The van der Waals surface area contributed by atoms with E-state index in [1.807, 2.05) is 71.9 Å². The number of aryl methyl sites for hydroxylation is 1. The SMILES string of the molecule is CC(C)(C)c1noc(CCC(=O)OCC(=O)N(Cc2ccccc2)C(C)(C)C)n1. The number of benzene rings is 1. The first-order chi connectivity index (χ1) is 13.5. The molecule has 0 aliphatic carbocycles. The van der Waals surface area contributed by atoms with Crippen LogP contribution in [0.5, 0.6) is 0 Å². The predicted molar refractivity (Wildman–Crippen MR) is 109 cm³/mol. The van der Waals surface area contributed by atoms with Crippen LogP contribution in [0, 0.1) is 0 Å². The Balaban J connectivity index is 1.87. The number of hydrogen-bond donors (Lipinski definition) is 0. The van der Waals surface area contributed by atoms with E-state index in [1.54, 1.807) is 4.90 Å². The summed E-state index contributed by atoms with van der Waals surface area (Å²) in [7, 11) is 0. The van der Waals surface area contributed by atoms with E-state index in [0.717, 1.165) is 5.56 Å². The minimum Gasteiger partial charge on any atom is -0.456 e. The number of esters is 1. The summed E-state index contributed by atoms with van der Waals surface area (Å²) in [4.78, 5) is 30.8. The summed E-state index contributed by atoms with van der Waals surface area (Å²) < 4.78 is 10.4. The van der Waals surface area contributed by atoms with Crippen molar-refractivity contribution in [1.29, 1.82) is 0 Å². The molecule has 1 amide bonds. The van der Waals surface area contributed by atoms with E-state index in [-0.39, 0.29) is 30.8 Å². The highest BCUT2D eigenvalue weighted by atomic mass is 16.5. The number of carbonyl (C=O) groups excluding carboxylic acids is 2. The molecule has 2 aromatic rings. The van der Waals surface area contributed by atoms with Gasteiger partial charge in [-0.2, -0.15) is 4.98 Å². The van der Waals surface area contributed by atoms with Crippen LogP contribution < -0.4 is 0 Å². The molecule has 7 nitrogen and oxygen atoms in total. The molecular formula is C22H31N3O4. The lowest BCUT2D eigenvalue weighted by molar-refractivity contribution is -0.154. The summed E-state index contributed by atoms with van der Waals surface area (Å²) in [5.74, 6) is 0.279. The van der Waals surface area contributed by atoms with Crippen molar-refractivity contribution in [2.24, 2.45) is 0 Å². The molecule has 0 saturated carbocycles. The molecule has 29 heavy (non-hydrogen) atoms. The van der Waals surface area contributed by atoms with Gasteiger partial charge in [-0.25, -0.2) is 0 Å². The van der Waals surface area contributed by atoms with Gasteiger partial charge in [-0.1, -0.05) is 56.3 Å². The predicted octanol–water partition coefficient (Wildman–Crippen LogP) is 3.67. The molecule has 1 aromatic carbocycles. The first kappa shape index (κ1) is 22.6. The van der Waals surface area contributed by atoms with E-state index >= 15 is 0 Å². The maximum absolute atomic E-state index is 12.7.